The van der Waals surface area contributed by atoms with Crippen LogP contribution in [-0.2, 0) is 4.74 Å². The van der Waals surface area contributed by atoms with Crippen LogP contribution in [0.1, 0.15) is 32.4 Å². The van der Waals surface area contributed by atoms with Crippen LogP contribution >= 0.6 is 15.9 Å². The van der Waals surface area contributed by atoms with Gasteiger partial charge in [-0.15, -0.1) is 0 Å². The fourth-order valence-corrected chi connectivity index (χ4v) is 1.83. The van der Waals surface area contributed by atoms with Gasteiger partial charge in [-0.2, -0.15) is 0 Å². The van der Waals surface area contributed by atoms with Crippen molar-refractivity contribution in [3.63, 3.8) is 0 Å². The van der Waals surface area contributed by atoms with E-state index in [0.29, 0.717) is 11.3 Å². The molecule has 0 saturated carbocycles. The third-order valence-corrected chi connectivity index (χ3v) is 2.74. The van der Waals surface area contributed by atoms with Crippen molar-refractivity contribution in [1.82, 2.24) is 0 Å². The highest BCUT2D eigenvalue weighted by molar-refractivity contribution is 9.10. The number of carbonyl (C=O) groups is 1. The van der Waals surface area contributed by atoms with Crippen molar-refractivity contribution in [2.24, 2.45) is 5.73 Å². The molecule has 0 aliphatic rings. The molecule has 5 nitrogen and oxygen atoms in total. The summed E-state index contributed by atoms with van der Waals surface area (Å²) in [5.74, 6) is 0. The number of carbonyl (C=O) groups excluding carboxylic acids is 1. The maximum absolute atomic E-state index is 11.8. The number of amides is 1. The van der Waals surface area contributed by atoms with Gasteiger partial charge in [-0.05, 0) is 38.5 Å². The molecule has 0 fully saturated rings. The SMILES string of the molecule is CC(C)(C)OC(=O)Nc1cc(Br)ccc1C(N)CO. The lowest BCUT2D eigenvalue weighted by molar-refractivity contribution is 0.0635. The molecule has 1 aromatic rings. The third kappa shape index (κ3) is 5.18. The van der Waals surface area contributed by atoms with Crippen LogP contribution in [0.15, 0.2) is 22.7 Å². The number of benzene rings is 1. The van der Waals surface area contributed by atoms with Gasteiger partial charge in [0.25, 0.3) is 0 Å². The highest BCUT2D eigenvalue weighted by Crippen LogP contribution is 2.26. The van der Waals surface area contributed by atoms with Gasteiger partial charge in [-0.3, -0.25) is 5.32 Å². The summed E-state index contributed by atoms with van der Waals surface area (Å²) in [7, 11) is 0. The Hall–Kier alpha value is -1.11. The van der Waals surface area contributed by atoms with Crippen LogP contribution in [0.5, 0.6) is 0 Å². The van der Waals surface area contributed by atoms with E-state index in [1.54, 1.807) is 39.0 Å². The van der Waals surface area contributed by atoms with E-state index >= 15 is 0 Å². The van der Waals surface area contributed by atoms with Gasteiger partial charge in [-0.1, -0.05) is 22.0 Å². The number of hydrogen-bond acceptors (Lipinski definition) is 4. The number of halogens is 1. The average Bonchev–Trinajstić information content (AvgIpc) is 2.25. The summed E-state index contributed by atoms with van der Waals surface area (Å²) in [6.07, 6.45) is -0.558. The minimum Gasteiger partial charge on any atom is -0.444 e. The van der Waals surface area contributed by atoms with Crippen LogP contribution in [0.3, 0.4) is 0 Å². The Labute approximate surface area is 121 Å². The molecule has 0 spiro atoms. The minimum atomic E-state index is -0.574. The molecule has 1 aromatic carbocycles. The number of hydrogen-bond donors (Lipinski definition) is 3. The van der Waals surface area contributed by atoms with E-state index in [0.717, 1.165) is 4.47 Å². The molecule has 1 amide bonds. The Balaban J connectivity index is 2.93. The van der Waals surface area contributed by atoms with Crippen molar-refractivity contribution < 1.29 is 14.6 Å². The zero-order chi connectivity index (χ0) is 14.6. The molecular formula is C13H19BrN2O3. The maximum Gasteiger partial charge on any atom is 0.412 e. The summed E-state index contributed by atoms with van der Waals surface area (Å²) in [5, 5.41) is 11.8. The molecule has 6 heteroatoms. The standard InChI is InChI=1S/C13H19BrN2O3/c1-13(2,3)19-12(18)16-11-6-8(14)4-5-9(11)10(15)7-17/h4-6,10,17H,7,15H2,1-3H3,(H,16,18). The number of aliphatic hydroxyl groups is 1. The van der Waals surface area contributed by atoms with Gasteiger partial charge in [-0.25, -0.2) is 4.79 Å². The summed E-state index contributed by atoms with van der Waals surface area (Å²) in [6, 6.07) is 4.70. The van der Waals surface area contributed by atoms with Crippen LogP contribution in [0.25, 0.3) is 0 Å². The highest BCUT2D eigenvalue weighted by atomic mass is 79.9. The molecule has 4 N–H and O–H groups in total. The molecule has 0 saturated heterocycles. The Morgan fingerprint density at radius 3 is 2.68 bits per heavy atom. The minimum absolute atomic E-state index is 0.204. The van der Waals surface area contributed by atoms with Gasteiger partial charge < -0.3 is 15.6 Å². The van der Waals surface area contributed by atoms with Crippen LogP contribution in [0.4, 0.5) is 10.5 Å². The van der Waals surface area contributed by atoms with E-state index in [-0.39, 0.29) is 6.61 Å². The van der Waals surface area contributed by atoms with Crippen molar-refractivity contribution in [3.8, 4) is 0 Å². The maximum atomic E-state index is 11.8. The molecule has 1 rings (SSSR count). The van der Waals surface area contributed by atoms with E-state index in [2.05, 4.69) is 21.2 Å². The van der Waals surface area contributed by atoms with Gasteiger partial charge in [0.15, 0.2) is 0 Å². The molecule has 0 radical (unpaired) electrons. The number of nitrogens with two attached hydrogens (primary N) is 1. The molecular weight excluding hydrogens is 312 g/mol. The lowest BCUT2D eigenvalue weighted by Gasteiger charge is -2.21. The van der Waals surface area contributed by atoms with Gasteiger partial charge in [0.2, 0.25) is 0 Å². The van der Waals surface area contributed by atoms with Crippen molar-refractivity contribution in [1.29, 1.82) is 0 Å². The lowest BCUT2D eigenvalue weighted by atomic mass is 10.1. The monoisotopic (exact) mass is 330 g/mol. The summed E-state index contributed by atoms with van der Waals surface area (Å²) in [5.41, 5.74) is 6.38. The molecule has 0 bridgehead atoms. The van der Waals surface area contributed by atoms with E-state index in [4.69, 9.17) is 15.6 Å². The second-order valence-corrected chi connectivity index (χ2v) is 6.06. The van der Waals surface area contributed by atoms with Crippen LogP contribution < -0.4 is 11.1 Å². The van der Waals surface area contributed by atoms with E-state index in [9.17, 15) is 4.79 Å². The Kier molecular flexibility index (Phi) is 5.34. The Morgan fingerprint density at radius 1 is 1.53 bits per heavy atom. The molecule has 0 aliphatic carbocycles. The summed E-state index contributed by atoms with van der Waals surface area (Å²) >= 11 is 3.32. The van der Waals surface area contributed by atoms with E-state index in [1.807, 2.05) is 0 Å². The Morgan fingerprint density at radius 2 is 2.16 bits per heavy atom. The predicted octanol–water partition coefficient (Wildman–Crippen LogP) is 2.79. The summed E-state index contributed by atoms with van der Waals surface area (Å²) < 4.78 is 5.98. The fraction of sp³-hybridized carbons (Fsp3) is 0.462. The van der Waals surface area contributed by atoms with E-state index < -0.39 is 17.7 Å². The van der Waals surface area contributed by atoms with Crippen molar-refractivity contribution in [3.05, 3.63) is 28.2 Å². The number of aliphatic hydroxyl groups excluding tert-OH is 1. The molecule has 1 unspecified atom stereocenters. The topological polar surface area (TPSA) is 84.6 Å². The molecule has 0 heterocycles. The summed E-state index contributed by atoms with van der Waals surface area (Å²) in [6.45, 7) is 5.15. The lowest BCUT2D eigenvalue weighted by Crippen LogP contribution is -2.28. The van der Waals surface area contributed by atoms with Crippen LogP contribution in [-0.4, -0.2) is 23.4 Å². The molecule has 106 valence electrons. The summed E-state index contributed by atoms with van der Waals surface area (Å²) in [4.78, 5) is 11.8. The fourth-order valence-electron chi connectivity index (χ4n) is 1.47. The predicted molar refractivity (Wildman–Crippen MR) is 78.0 cm³/mol. The van der Waals surface area contributed by atoms with Gasteiger partial charge >= 0.3 is 6.09 Å². The zero-order valence-corrected chi connectivity index (χ0v) is 12.8. The largest absolute Gasteiger partial charge is 0.444 e. The normalized spacial score (nSPS) is 12.9. The van der Waals surface area contributed by atoms with Crippen LogP contribution in [0.2, 0.25) is 0 Å². The van der Waals surface area contributed by atoms with E-state index in [1.165, 1.54) is 0 Å². The first-order chi connectivity index (χ1) is 8.73. The first-order valence-electron chi connectivity index (χ1n) is 5.89. The van der Waals surface area contributed by atoms with Gasteiger partial charge in [0, 0.05) is 10.2 Å². The molecule has 0 aromatic heterocycles. The van der Waals surface area contributed by atoms with Gasteiger partial charge in [0.1, 0.15) is 5.60 Å². The third-order valence-electron chi connectivity index (χ3n) is 2.25. The number of nitrogens with one attached hydrogen (secondary N) is 1. The Bertz CT molecular complexity index is 458. The van der Waals surface area contributed by atoms with Crippen molar-refractivity contribution in [2.45, 2.75) is 32.4 Å². The highest BCUT2D eigenvalue weighted by Gasteiger charge is 2.18. The van der Waals surface area contributed by atoms with Crippen molar-refractivity contribution >= 4 is 27.7 Å². The number of anilines is 1. The zero-order valence-electron chi connectivity index (χ0n) is 11.2. The number of rotatable bonds is 3. The number of ether oxygens (including phenoxy) is 1. The second kappa shape index (κ2) is 6.36. The molecule has 19 heavy (non-hydrogen) atoms. The quantitative estimate of drug-likeness (QED) is 0.795. The van der Waals surface area contributed by atoms with Crippen LogP contribution in [0, 0.1) is 0 Å². The average molecular weight is 331 g/mol. The first kappa shape index (κ1) is 15.9. The second-order valence-electron chi connectivity index (χ2n) is 5.15. The van der Waals surface area contributed by atoms with Crippen molar-refractivity contribution in [2.75, 3.05) is 11.9 Å². The molecule has 1 atom stereocenters. The smallest absolute Gasteiger partial charge is 0.412 e. The van der Waals surface area contributed by atoms with Gasteiger partial charge in [0.05, 0.1) is 12.6 Å². The molecule has 0 aliphatic heterocycles. The first-order valence-corrected chi connectivity index (χ1v) is 6.68.